The van der Waals surface area contributed by atoms with Crippen molar-refractivity contribution in [3.05, 3.63) is 41.9 Å². The Labute approximate surface area is 141 Å². The van der Waals surface area contributed by atoms with E-state index in [0.29, 0.717) is 0 Å². The van der Waals surface area contributed by atoms with Crippen LogP contribution in [0.1, 0.15) is 18.3 Å². The second-order valence-electron chi connectivity index (χ2n) is 6.14. The molecule has 0 saturated heterocycles. The van der Waals surface area contributed by atoms with Crippen LogP contribution in [0.25, 0.3) is 11.0 Å². The quantitative estimate of drug-likeness (QED) is 0.782. The Balaban J connectivity index is 1.50. The number of nitrogens with zero attached hydrogens (tertiary/aromatic N) is 5. The third-order valence-corrected chi connectivity index (χ3v) is 4.61. The molecule has 1 aliphatic heterocycles. The van der Waals surface area contributed by atoms with Crippen molar-refractivity contribution in [1.29, 1.82) is 0 Å². The number of aryl methyl sites for hydroxylation is 2. The SMILES string of the molecule is CCc1nc(NCCN2CCc3ccccc32)c2cnn(C)c2n1. The van der Waals surface area contributed by atoms with Crippen molar-refractivity contribution in [2.75, 3.05) is 29.9 Å². The highest BCUT2D eigenvalue weighted by Crippen LogP contribution is 2.27. The molecule has 0 unspecified atom stereocenters. The van der Waals surface area contributed by atoms with Crippen molar-refractivity contribution in [1.82, 2.24) is 19.7 Å². The maximum atomic E-state index is 4.65. The zero-order valence-corrected chi connectivity index (χ0v) is 14.2. The number of para-hydroxylation sites is 1. The lowest BCUT2D eigenvalue weighted by Crippen LogP contribution is -2.27. The summed E-state index contributed by atoms with van der Waals surface area (Å²) in [7, 11) is 1.92. The number of anilines is 2. The molecule has 0 radical (unpaired) electrons. The summed E-state index contributed by atoms with van der Waals surface area (Å²) in [5, 5.41) is 8.78. The molecule has 0 bridgehead atoms. The molecule has 0 saturated carbocycles. The first-order chi connectivity index (χ1) is 11.8. The summed E-state index contributed by atoms with van der Waals surface area (Å²) in [4.78, 5) is 11.7. The van der Waals surface area contributed by atoms with E-state index in [1.165, 1.54) is 11.3 Å². The van der Waals surface area contributed by atoms with Crippen LogP contribution in [0.4, 0.5) is 11.5 Å². The van der Waals surface area contributed by atoms with Crippen LogP contribution in [-0.2, 0) is 19.9 Å². The summed E-state index contributed by atoms with van der Waals surface area (Å²) in [6.45, 7) is 4.97. The lowest BCUT2D eigenvalue weighted by Gasteiger charge is -2.20. The highest BCUT2D eigenvalue weighted by Gasteiger charge is 2.18. The summed E-state index contributed by atoms with van der Waals surface area (Å²) >= 11 is 0. The van der Waals surface area contributed by atoms with Gasteiger partial charge >= 0.3 is 0 Å². The highest BCUT2D eigenvalue weighted by atomic mass is 15.3. The number of rotatable bonds is 5. The second kappa shape index (κ2) is 6.11. The first kappa shape index (κ1) is 14.9. The summed E-state index contributed by atoms with van der Waals surface area (Å²) in [6, 6.07) is 8.66. The van der Waals surface area contributed by atoms with Crippen molar-refractivity contribution >= 4 is 22.5 Å². The van der Waals surface area contributed by atoms with E-state index >= 15 is 0 Å². The molecule has 24 heavy (non-hydrogen) atoms. The predicted molar refractivity (Wildman–Crippen MR) is 96.5 cm³/mol. The highest BCUT2D eigenvalue weighted by molar-refractivity contribution is 5.86. The average molecular weight is 322 g/mol. The van der Waals surface area contributed by atoms with Crippen LogP contribution in [0.3, 0.4) is 0 Å². The van der Waals surface area contributed by atoms with Crippen molar-refractivity contribution in [3.8, 4) is 0 Å². The van der Waals surface area contributed by atoms with E-state index < -0.39 is 0 Å². The Morgan fingerprint density at radius 1 is 1.21 bits per heavy atom. The molecule has 1 N–H and O–H groups in total. The van der Waals surface area contributed by atoms with E-state index in [9.17, 15) is 0 Å². The van der Waals surface area contributed by atoms with Crippen LogP contribution in [-0.4, -0.2) is 39.4 Å². The number of fused-ring (bicyclic) bond motifs is 2. The maximum absolute atomic E-state index is 4.65. The minimum absolute atomic E-state index is 0.815. The first-order valence-corrected chi connectivity index (χ1v) is 8.51. The second-order valence-corrected chi connectivity index (χ2v) is 6.14. The van der Waals surface area contributed by atoms with Gasteiger partial charge in [0.1, 0.15) is 11.6 Å². The molecule has 124 valence electrons. The fourth-order valence-corrected chi connectivity index (χ4v) is 3.31. The molecule has 0 fully saturated rings. The van der Waals surface area contributed by atoms with Crippen LogP contribution in [0.5, 0.6) is 0 Å². The van der Waals surface area contributed by atoms with E-state index in [1.807, 2.05) is 13.2 Å². The van der Waals surface area contributed by atoms with Crippen LogP contribution < -0.4 is 10.2 Å². The fraction of sp³-hybridized carbons (Fsp3) is 0.389. The lowest BCUT2D eigenvalue weighted by molar-refractivity contribution is 0.779. The molecule has 0 aliphatic carbocycles. The molecule has 2 aromatic heterocycles. The first-order valence-electron chi connectivity index (χ1n) is 8.51. The molecule has 0 atom stereocenters. The summed E-state index contributed by atoms with van der Waals surface area (Å²) < 4.78 is 1.80. The number of nitrogens with one attached hydrogen (secondary N) is 1. The van der Waals surface area contributed by atoms with E-state index in [2.05, 4.69) is 56.5 Å². The van der Waals surface area contributed by atoms with Gasteiger partial charge in [-0.1, -0.05) is 25.1 Å². The molecule has 0 amide bonds. The third kappa shape index (κ3) is 2.58. The van der Waals surface area contributed by atoms with Crippen molar-refractivity contribution in [2.45, 2.75) is 19.8 Å². The largest absolute Gasteiger partial charge is 0.369 e. The fourth-order valence-electron chi connectivity index (χ4n) is 3.31. The summed E-state index contributed by atoms with van der Waals surface area (Å²) in [5.74, 6) is 1.73. The van der Waals surface area contributed by atoms with Gasteiger partial charge in [-0.2, -0.15) is 5.10 Å². The maximum Gasteiger partial charge on any atom is 0.163 e. The van der Waals surface area contributed by atoms with Gasteiger partial charge in [-0.3, -0.25) is 4.68 Å². The van der Waals surface area contributed by atoms with Gasteiger partial charge in [0, 0.05) is 38.8 Å². The minimum atomic E-state index is 0.815. The van der Waals surface area contributed by atoms with Crippen molar-refractivity contribution in [3.63, 3.8) is 0 Å². The van der Waals surface area contributed by atoms with Gasteiger partial charge in [0.25, 0.3) is 0 Å². The number of hydrogen-bond donors (Lipinski definition) is 1. The smallest absolute Gasteiger partial charge is 0.163 e. The third-order valence-electron chi connectivity index (χ3n) is 4.61. The van der Waals surface area contributed by atoms with Gasteiger partial charge < -0.3 is 10.2 Å². The Morgan fingerprint density at radius 3 is 2.96 bits per heavy atom. The van der Waals surface area contributed by atoms with Gasteiger partial charge in [-0.25, -0.2) is 9.97 Å². The van der Waals surface area contributed by atoms with Crippen molar-refractivity contribution < 1.29 is 0 Å². The number of aromatic nitrogens is 4. The lowest BCUT2D eigenvalue weighted by atomic mass is 10.2. The monoisotopic (exact) mass is 322 g/mol. The van der Waals surface area contributed by atoms with E-state index in [4.69, 9.17) is 0 Å². The summed E-state index contributed by atoms with van der Waals surface area (Å²) in [5.41, 5.74) is 3.70. The average Bonchev–Trinajstić information content (AvgIpc) is 3.19. The summed E-state index contributed by atoms with van der Waals surface area (Å²) in [6.07, 6.45) is 3.79. The molecule has 3 heterocycles. The Morgan fingerprint density at radius 2 is 2.08 bits per heavy atom. The van der Waals surface area contributed by atoms with Crippen LogP contribution in [0.15, 0.2) is 30.5 Å². The molecular formula is C18H22N6. The topological polar surface area (TPSA) is 58.9 Å². The van der Waals surface area contributed by atoms with Gasteiger partial charge in [-0.05, 0) is 18.1 Å². The standard InChI is InChI=1S/C18H22N6/c1-3-16-21-17(14-12-20-23(2)18(14)22-16)19-9-11-24-10-8-13-6-4-5-7-15(13)24/h4-7,12H,3,8-11H2,1-2H3,(H,19,21,22). The molecule has 1 aliphatic rings. The van der Waals surface area contributed by atoms with Gasteiger partial charge in [0.15, 0.2) is 5.65 Å². The van der Waals surface area contributed by atoms with Gasteiger partial charge in [-0.15, -0.1) is 0 Å². The van der Waals surface area contributed by atoms with Gasteiger partial charge in [0.05, 0.1) is 11.6 Å². The zero-order chi connectivity index (χ0) is 16.5. The molecule has 6 nitrogen and oxygen atoms in total. The van der Waals surface area contributed by atoms with Gasteiger partial charge in [0.2, 0.25) is 0 Å². The van der Waals surface area contributed by atoms with Crippen LogP contribution in [0, 0.1) is 0 Å². The minimum Gasteiger partial charge on any atom is -0.369 e. The Kier molecular flexibility index (Phi) is 3.80. The normalized spacial score (nSPS) is 13.5. The molecule has 0 spiro atoms. The Bertz CT molecular complexity index is 869. The van der Waals surface area contributed by atoms with E-state index in [0.717, 1.165) is 55.2 Å². The van der Waals surface area contributed by atoms with Crippen molar-refractivity contribution in [2.24, 2.45) is 7.05 Å². The molecule has 1 aromatic carbocycles. The molecule has 4 rings (SSSR count). The van der Waals surface area contributed by atoms with Crippen LogP contribution in [0.2, 0.25) is 0 Å². The Hall–Kier alpha value is -2.63. The molecule has 6 heteroatoms. The number of hydrogen-bond acceptors (Lipinski definition) is 5. The zero-order valence-electron chi connectivity index (χ0n) is 14.2. The van der Waals surface area contributed by atoms with E-state index in [-0.39, 0.29) is 0 Å². The van der Waals surface area contributed by atoms with E-state index in [1.54, 1.807) is 4.68 Å². The predicted octanol–water partition coefficient (Wildman–Crippen LogP) is 2.40. The molecule has 3 aromatic rings. The molecular weight excluding hydrogens is 300 g/mol. The van der Waals surface area contributed by atoms with Crippen LogP contribution >= 0.6 is 0 Å². The number of benzene rings is 1.